The van der Waals surface area contributed by atoms with Gasteiger partial charge in [0.25, 0.3) is 0 Å². The first kappa shape index (κ1) is 15.9. The van der Waals surface area contributed by atoms with Crippen LogP contribution in [0.4, 0.5) is 0 Å². The van der Waals surface area contributed by atoms with Gasteiger partial charge < -0.3 is 19.8 Å². The molecule has 0 aliphatic heterocycles. The molecule has 0 bridgehead atoms. The van der Waals surface area contributed by atoms with E-state index in [1.807, 2.05) is 0 Å². The van der Waals surface area contributed by atoms with Gasteiger partial charge in [-0.15, -0.1) is 0 Å². The van der Waals surface area contributed by atoms with Crippen molar-refractivity contribution in [2.24, 2.45) is 0 Å². The van der Waals surface area contributed by atoms with Gasteiger partial charge in [0.2, 0.25) is 0 Å². The van der Waals surface area contributed by atoms with Crippen LogP contribution in [0.15, 0.2) is 0 Å². The summed E-state index contributed by atoms with van der Waals surface area (Å²) in [6.45, 7) is 1.94. The van der Waals surface area contributed by atoms with Gasteiger partial charge in [-0.05, 0) is 13.8 Å². The van der Waals surface area contributed by atoms with E-state index in [-0.39, 0.29) is 21.7 Å². The molecular weight excluding hydrogens is 160 g/mol. The van der Waals surface area contributed by atoms with Crippen LogP contribution in [0.3, 0.4) is 0 Å². The minimum atomic E-state index is -1.08. The molecule has 0 fully saturated rings. The maximum Gasteiger partial charge on any atom is 2.00 e. The second-order valence-electron chi connectivity index (χ2n) is 0.983. The van der Waals surface area contributed by atoms with Crippen molar-refractivity contribution in [3.05, 3.63) is 0 Å². The second kappa shape index (κ2) is 10.6. The molecule has 0 spiro atoms. The van der Waals surface area contributed by atoms with Gasteiger partial charge in [0.15, 0.2) is 0 Å². The maximum absolute atomic E-state index is 8.89. The third-order valence-corrected chi connectivity index (χ3v) is 0. The Bertz CT molecular complexity index is 70.6. The topological polar surface area (TPSA) is 80.3 Å². The van der Waals surface area contributed by atoms with Gasteiger partial charge >= 0.3 is 21.7 Å². The Labute approximate surface area is 67.8 Å². The van der Waals surface area contributed by atoms with E-state index in [2.05, 4.69) is 0 Å². The van der Waals surface area contributed by atoms with Crippen molar-refractivity contribution in [3.8, 4) is 0 Å². The van der Waals surface area contributed by atoms with E-state index in [0.717, 1.165) is 13.8 Å². The van der Waals surface area contributed by atoms with Gasteiger partial charge in [0.05, 0.1) is 0 Å². The van der Waals surface area contributed by atoms with Crippen LogP contribution in [0.25, 0.3) is 0 Å². The minimum Gasteiger partial charge on any atom is -0.550 e. The molecule has 0 unspecified atom stereocenters. The largest absolute Gasteiger partial charge is 2.00 e. The van der Waals surface area contributed by atoms with E-state index in [0.29, 0.717) is 0 Å². The molecule has 0 rings (SSSR count). The molecule has 0 saturated heterocycles. The SMILES string of the molecule is CC(=O)[O-].CC(=O)[O-].[Ti+2]. The van der Waals surface area contributed by atoms with E-state index < -0.39 is 11.9 Å². The smallest absolute Gasteiger partial charge is 0.550 e. The van der Waals surface area contributed by atoms with E-state index in [1.54, 1.807) is 0 Å². The van der Waals surface area contributed by atoms with Crippen LogP contribution < -0.4 is 10.2 Å². The molecule has 0 aliphatic carbocycles. The van der Waals surface area contributed by atoms with Crippen LogP contribution in [0.1, 0.15) is 13.8 Å². The molecule has 0 heterocycles. The summed E-state index contributed by atoms with van der Waals surface area (Å²) >= 11 is 0. The number of hydrogen-bond acceptors (Lipinski definition) is 4. The molecule has 0 aromatic carbocycles. The van der Waals surface area contributed by atoms with Gasteiger partial charge in [-0.3, -0.25) is 0 Å². The monoisotopic (exact) mass is 166 g/mol. The summed E-state index contributed by atoms with van der Waals surface area (Å²) in [6.07, 6.45) is 0. The fourth-order valence-electron chi connectivity index (χ4n) is 0. The van der Waals surface area contributed by atoms with Gasteiger partial charge in [-0.1, -0.05) is 0 Å². The molecule has 0 aromatic heterocycles. The zero-order valence-corrected chi connectivity index (χ0v) is 6.69. The summed E-state index contributed by atoms with van der Waals surface area (Å²) in [4.78, 5) is 17.8. The Morgan fingerprint density at radius 3 is 1.00 bits per heavy atom. The number of carbonyl (C=O) groups excluding carboxylic acids is 2. The molecule has 0 atom stereocenters. The van der Waals surface area contributed by atoms with Crippen LogP contribution in [0.5, 0.6) is 0 Å². The number of carbonyl (C=O) groups is 2. The van der Waals surface area contributed by atoms with Gasteiger partial charge in [-0.25, -0.2) is 0 Å². The molecule has 0 amide bonds. The van der Waals surface area contributed by atoms with Crippen LogP contribution in [-0.4, -0.2) is 11.9 Å². The van der Waals surface area contributed by atoms with Crippen molar-refractivity contribution < 1.29 is 41.5 Å². The summed E-state index contributed by atoms with van der Waals surface area (Å²) < 4.78 is 0. The first-order valence-corrected chi connectivity index (χ1v) is 1.82. The van der Waals surface area contributed by atoms with E-state index >= 15 is 0 Å². The van der Waals surface area contributed by atoms with E-state index in [1.165, 1.54) is 0 Å². The molecule has 0 aliphatic rings. The molecular formula is C4H6O4Ti. The normalized spacial score (nSPS) is 5.56. The van der Waals surface area contributed by atoms with Crippen LogP contribution in [-0.2, 0) is 31.3 Å². The Morgan fingerprint density at radius 1 is 1.00 bits per heavy atom. The Hall–Kier alpha value is -0.346. The number of hydrogen-bond donors (Lipinski definition) is 0. The van der Waals surface area contributed by atoms with Gasteiger partial charge in [-0.2, -0.15) is 0 Å². The summed E-state index contributed by atoms with van der Waals surface area (Å²) in [5, 5.41) is 17.8. The predicted octanol–water partition coefficient (Wildman–Crippen LogP) is -2.49. The Morgan fingerprint density at radius 2 is 1.00 bits per heavy atom. The minimum absolute atomic E-state index is 0. The summed E-state index contributed by atoms with van der Waals surface area (Å²) in [5.41, 5.74) is 0. The van der Waals surface area contributed by atoms with Crippen LogP contribution in [0, 0.1) is 0 Å². The van der Waals surface area contributed by atoms with Crippen molar-refractivity contribution in [2.75, 3.05) is 0 Å². The van der Waals surface area contributed by atoms with Gasteiger partial charge in [0, 0.05) is 11.9 Å². The third kappa shape index (κ3) is 2050. The number of carboxylic acid groups (broad SMARTS) is 2. The standard InChI is InChI=1S/2C2H4O2.Ti/c2*1-2(3)4;/h2*1H3,(H,3,4);/q;;+2/p-2. The first-order chi connectivity index (χ1) is 3.46. The summed E-state index contributed by atoms with van der Waals surface area (Å²) in [7, 11) is 0. The number of aliphatic carboxylic acids is 2. The van der Waals surface area contributed by atoms with Gasteiger partial charge in [0.1, 0.15) is 0 Å². The van der Waals surface area contributed by atoms with Crippen molar-refractivity contribution in [1.82, 2.24) is 0 Å². The van der Waals surface area contributed by atoms with Crippen LogP contribution in [0.2, 0.25) is 0 Å². The molecule has 0 saturated carbocycles. The first-order valence-electron chi connectivity index (χ1n) is 1.82. The fourth-order valence-corrected chi connectivity index (χ4v) is 0. The fraction of sp³-hybridized carbons (Fsp3) is 0.500. The van der Waals surface area contributed by atoms with Crippen molar-refractivity contribution in [1.29, 1.82) is 0 Å². The third-order valence-electron chi connectivity index (χ3n) is 0. The van der Waals surface area contributed by atoms with Crippen molar-refractivity contribution in [2.45, 2.75) is 13.8 Å². The maximum atomic E-state index is 8.89. The van der Waals surface area contributed by atoms with Crippen LogP contribution >= 0.6 is 0 Å². The number of carboxylic acids is 2. The molecule has 5 heteroatoms. The molecule has 4 nitrogen and oxygen atoms in total. The average molecular weight is 166 g/mol. The summed E-state index contributed by atoms with van der Waals surface area (Å²) in [5.74, 6) is -2.17. The van der Waals surface area contributed by atoms with Crippen molar-refractivity contribution in [3.63, 3.8) is 0 Å². The molecule has 0 N–H and O–H groups in total. The zero-order valence-electron chi connectivity index (χ0n) is 5.13. The Kier molecular flexibility index (Phi) is 18.7. The Balaban J connectivity index is -0.0000000720. The predicted molar refractivity (Wildman–Crippen MR) is 21.4 cm³/mol. The van der Waals surface area contributed by atoms with E-state index in [4.69, 9.17) is 19.8 Å². The molecule has 0 aromatic rings. The molecule has 9 heavy (non-hydrogen) atoms. The second-order valence-corrected chi connectivity index (χ2v) is 0.983. The molecule has 0 radical (unpaired) electrons. The van der Waals surface area contributed by atoms with E-state index in [9.17, 15) is 0 Å². The van der Waals surface area contributed by atoms with Crippen molar-refractivity contribution >= 4 is 11.9 Å². The zero-order chi connectivity index (χ0) is 7.15. The molecule has 50 valence electrons. The average Bonchev–Trinajstić information content (AvgIpc) is 1.25. The number of rotatable bonds is 0. The summed E-state index contributed by atoms with van der Waals surface area (Å²) in [6, 6.07) is 0. The quantitative estimate of drug-likeness (QED) is 0.373.